The van der Waals surface area contributed by atoms with Gasteiger partial charge in [0.1, 0.15) is 11.6 Å². The van der Waals surface area contributed by atoms with Gasteiger partial charge in [-0.1, -0.05) is 6.07 Å². The minimum Gasteiger partial charge on any atom is -0.429 e. The van der Waals surface area contributed by atoms with Crippen LogP contribution in [0.1, 0.15) is 0 Å². The number of benzene rings is 1. The monoisotopic (exact) mass is 176 g/mol. The molecule has 1 aromatic carbocycles. The Morgan fingerprint density at radius 2 is 2.18 bits per heavy atom. The molecule has 0 saturated carbocycles. The lowest BCUT2D eigenvalue weighted by atomic mass is 10.3. The lowest BCUT2D eigenvalue weighted by Crippen LogP contribution is -1.87. The second-order valence-electron chi connectivity index (χ2n) is 1.67. The van der Waals surface area contributed by atoms with E-state index in [4.69, 9.17) is 0 Å². The molecule has 0 fully saturated rings. The van der Waals surface area contributed by atoms with Gasteiger partial charge in [-0.2, -0.15) is 0 Å². The highest BCUT2D eigenvalue weighted by atomic mass is 35.5. The van der Waals surface area contributed by atoms with E-state index in [0.717, 1.165) is 6.07 Å². The average Bonchev–Trinajstić information content (AvgIpc) is 1.88. The molecule has 4 heteroatoms. The molecule has 0 aliphatic rings. The summed E-state index contributed by atoms with van der Waals surface area (Å²) in [6, 6.07) is 5.37. The van der Waals surface area contributed by atoms with Gasteiger partial charge < -0.3 is 4.74 Å². The highest BCUT2D eigenvalue weighted by Gasteiger charge is 1.92. The zero-order valence-corrected chi connectivity index (χ0v) is 6.31. The van der Waals surface area contributed by atoms with E-state index < -0.39 is 5.82 Å². The van der Waals surface area contributed by atoms with Crippen LogP contribution in [-0.2, 0) is 4.79 Å². The highest BCUT2D eigenvalue weighted by Crippen LogP contribution is 2.10. The van der Waals surface area contributed by atoms with Crippen molar-refractivity contribution in [2.75, 3.05) is 0 Å². The summed E-state index contributed by atoms with van der Waals surface area (Å²) in [6.07, 6.45) is 0. The first-order valence-electron chi connectivity index (χ1n) is 2.69. The highest BCUT2D eigenvalue weighted by molar-refractivity contribution is 5.85. The Morgan fingerprint density at radius 1 is 1.45 bits per heavy atom. The summed E-state index contributed by atoms with van der Waals surface area (Å²) in [5.74, 6) is -0.200. The molecule has 0 aliphatic heterocycles. The summed E-state index contributed by atoms with van der Waals surface area (Å²) in [5.41, 5.74) is 0. The van der Waals surface area contributed by atoms with Gasteiger partial charge >= 0.3 is 0 Å². The second kappa shape index (κ2) is 4.68. The van der Waals surface area contributed by atoms with Crippen LogP contribution in [0, 0.1) is 5.82 Å². The Balaban J connectivity index is 0.000001000. The van der Waals surface area contributed by atoms with Gasteiger partial charge in [-0.3, -0.25) is 4.79 Å². The standard InChI is InChI=1S/C7H5FO2.ClH/c8-6-2-1-3-7(4-6)10-5-9;/h1-5H;1H. The van der Waals surface area contributed by atoms with Crippen LogP contribution in [0.25, 0.3) is 0 Å². The molecule has 0 amide bonds. The molecular weight excluding hydrogens is 171 g/mol. The number of hydrogen-bond donors (Lipinski definition) is 0. The van der Waals surface area contributed by atoms with Crippen molar-refractivity contribution in [2.24, 2.45) is 0 Å². The Hall–Kier alpha value is -1.09. The molecule has 0 aliphatic carbocycles. The third-order valence-corrected chi connectivity index (χ3v) is 0.980. The number of carbonyl (C=O) groups is 1. The zero-order valence-electron chi connectivity index (χ0n) is 5.49. The quantitative estimate of drug-likeness (QED) is 0.643. The lowest BCUT2D eigenvalue weighted by Gasteiger charge is -1.94. The van der Waals surface area contributed by atoms with E-state index >= 15 is 0 Å². The first-order valence-corrected chi connectivity index (χ1v) is 2.69. The molecule has 1 rings (SSSR count). The van der Waals surface area contributed by atoms with E-state index in [1.165, 1.54) is 18.2 Å². The van der Waals surface area contributed by atoms with Crippen LogP contribution in [-0.4, -0.2) is 6.47 Å². The van der Waals surface area contributed by atoms with Crippen molar-refractivity contribution in [1.82, 2.24) is 0 Å². The van der Waals surface area contributed by atoms with Crippen LogP contribution in [0.5, 0.6) is 5.75 Å². The first kappa shape index (κ1) is 9.91. The largest absolute Gasteiger partial charge is 0.429 e. The summed E-state index contributed by atoms with van der Waals surface area (Å²) in [7, 11) is 0. The fourth-order valence-corrected chi connectivity index (χ4v) is 0.596. The minimum atomic E-state index is -0.417. The zero-order chi connectivity index (χ0) is 7.40. The summed E-state index contributed by atoms with van der Waals surface area (Å²) >= 11 is 0. The van der Waals surface area contributed by atoms with Crippen LogP contribution >= 0.6 is 12.4 Å². The van der Waals surface area contributed by atoms with Gasteiger partial charge in [-0.25, -0.2) is 4.39 Å². The smallest absolute Gasteiger partial charge is 0.298 e. The maximum atomic E-state index is 12.3. The minimum absolute atomic E-state index is 0. The Labute approximate surface area is 69.4 Å². The molecular formula is C7H6ClFO2. The molecule has 0 aromatic heterocycles. The molecule has 1 aromatic rings. The summed E-state index contributed by atoms with van der Waals surface area (Å²) in [6.45, 7) is 0.259. The van der Waals surface area contributed by atoms with Crippen LogP contribution < -0.4 is 4.74 Å². The molecule has 60 valence electrons. The molecule has 0 heterocycles. The van der Waals surface area contributed by atoms with Gasteiger partial charge in [-0.05, 0) is 12.1 Å². The topological polar surface area (TPSA) is 26.3 Å². The number of ether oxygens (including phenoxy) is 1. The van der Waals surface area contributed by atoms with E-state index in [1.54, 1.807) is 0 Å². The Kier molecular flexibility index (Phi) is 4.22. The molecule has 0 spiro atoms. The van der Waals surface area contributed by atoms with Crippen molar-refractivity contribution in [3.63, 3.8) is 0 Å². The number of halogens is 2. The van der Waals surface area contributed by atoms with Crippen molar-refractivity contribution < 1.29 is 13.9 Å². The third kappa shape index (κ3) is 3.00. The fourth-order valence-electron chi connectivity index (χ4n) is 0.596. The molecule has 0 radical (unpaired) electrons. The van der Waals surface area contributed by atoms with Crippen molar-refractivity contribution in [1.29, 1.82) is 0 Å². The Morgan fingerprint density at radius 3 is 2.73 bits per heavy atom. The normalized spacial score (nSPS) is 8.09. The van der Waals surface area contributed by atoms with Crippen molar-refractivity contribution >= 4 is 18.9 Å². The molecule has 0 atom stereocenters. The number of hydrogen-bond acceptors (Lipinski definition) is 2. The van der Waals surface area contributed by atoms with Gasteiger partial charge in [0.15, 0.2) is 0 Å². The van der Waals surface area contributed by atoms with E-state index in [-0.39, 0.29) is 24.6 Å². The van der Waals surface area contributed by atoms with E-state index in [9.17, 15) is 9.18 Å². The van der Waals surface area contributed by atoms with E-state index in [0.29, 0.717) is 0 Å². The van der Waals surface area contributed by atoms with Crippen LogP contribution in [0.3, 0.4) is 0 Å². The SMILES string of the molecule is Cl.O=COc1cccc(F)c1. The maximum Gasteiger partial charge on any atom is 0.298 e. The van der Waals surface area contributed by atoms with Gasteiger partial charge in [0.2, 0.25) is 0 Å². The molecule has 11 heavy (non-hydrogen) atoms. The summed E-state index contributed by atoms with van der Waals surface area (Å²) < 4.78 is 16.7. The van der Waals surface area contributed by atoms with Crippen LogP contribution in [0.4, 0.5) is 4.39 Å². The predicted molar refractivity (Wildman–Crippen MR) is 40.3 cm³/mol. The van der Waals surface area contributed by atoms with Gasteiger partial charge in [0.25, 0.3) is 6.47 Å². The third-order valence-electron chi connectivity index (χ3n) is 0.980. The van der Waals surface area contributed by atoms with Gasteiger partial charge in [-0.15, -0.1) is 12.4 Å². The van der Waals surface area contributed by atoms with E-state index in [2.05, 4.69) is 4.74 Å². The fraction of sp³-hybridized carbons (Fsp3) is 0. The van der Waals surface area contributed by atoms with Crippen LogP contribution in [0.2, 0.25) is 0 Å². The molecule has 2 nitrogen and oxygen atoms in total. The maximum absolute atomic E-state index is 12.3. The average molecular weight is 177 g/mol. The second-order valence-corrected chi connectivity index (χ2v) is 1.67. The molecule has 0 N–H and O–H groups in total. The number of rotatable bonds is 2. The van der Waals surface area contributed by atoms with Crippen molar-refractivity contribution in [3.8, 4) is 5.75 Å². The Bertz CT molecular complexity index is 240. The summed E-state index contributed by atoms with van der Waals surface area (Å²) in [5, 5.41) is 0. The lowest BCUT2D eigenvalue weighted by molar-refractivity contribution is -0.120. The van der Waals surface area contributed by atoms with Crippen LogP contribution in [0.15, 0.2) is 24.3 Å². The molecule has 0 bridgehead atoms. The summed E-state index contributed by atoms with van der Waals surface area (Å²) in [4.78, 5) is 9.74. The molecule has 0 saturated heterocycles. The predicted octanol–water partition coefficient (Wildman–Crippen LogP) is 1.78. The molecule has 0 unspecified atom stereocenters. The van der Waals surface area contributed by atoms with Crippen molar-refractivity contribution in [3.05, 3.63) is 30.1 Å². The number of carbonyl (C=O) groups excluding carboxylic acids is 1. The van der Waals surface area contributed by atoms with Crippen molar-refractivity contribution in [2.45, 2.75) is 0 Å². The van der Waals surface area contributed by atoms with Gasteiger partial charge in [0.05, 0.1) is 0 Å². The van der Waals surface area contributed by atoms with Gasteiger partial charge in [0, 0.05) is 6.07 Å². The first-order chi connectivity index (χ1) is 4.83. The van der Waals surface area contributed by atoms with E-state index in [1.807, 2.05) is 0 Å².